The molecule has 3 unspecified atom stereocenters. The molecule has 0 radical (unpaired) electrons. The lowest BCUT2D eigenvalue weighted by atomic mass is 10.00. The van der Waals surface area contributed by atoms with E-state index in [4.69, 9.17) is 4.74 Å². The molecule has 0 heterocycles. The van der Waals surface area contributed by atoms with Crippen LogP contribution in [0.1, 0.15) is 47.5 Å². The van der Waals surface area contributed by atoms with E-state index in [0.717, 1.165) is 6.42 Å². The number of hydrogen-bond acceptors (Lipinski definition) is 3. The summed E-state index contributed by atoms with van der Waals surface area (Å²) in [5.41, 5.74) is 0. The van der Waals surface area contributed by atoms with Gasteiger partial charge in [-0.15, -0.1) is 0 Å². The summed E-state index contributed by atoms with van der Waals surface area (Å²) in [5, 5.41) is 3.26. The zero-order chi connectivity index (χ0) is 11.8. The van der Waals surface area contributed by atoms with E-state index in [-0.39, 0.29) is 12.0 Å². The molecule has 0 aliphatic carbocycles. The van der Waals surface area contributed by atoms with Crippen LogP contribution in [0.5, 0.6) is 0 Å². The maximum absolute atomic E-state index is 11.3. The first-order chi connectivity index (χ1) is 7.01. The highest BCUT2D eigenvalue weighted by atomic mass is 16.5. The molecule has 0 saturated carbocycles. The van der Waals surface area contributed by atoms with Crippen molar-refractivity contribution in [1.29, 1.82) is 0 Å². The minimum Gasteiger partial charge on any atom is -0.465 e. The van der Waals surface area contributed by atoms with Crippen molar-refractivity contribution in [2.45, 2.75) is 59.5 Å². The lowest BCUT2D eigenvalue weighted by Crippen LogP contribution is -2.41. The zero-order valence-electron chi connectivity index (χ0n) is 10.7. The average Bonchev–Trinajstić information content (AvgIpc) is 2.17. The number of carbonyl (C=O) groups excluding carboxylic acids is 1. The molecule has 0 bridgehead atoms. The van der Waals surface area contributed by atoms with Crippen molar-refractivity contribution in [3.63, 3.8) is 0 Å². The summed E-state index contributed by atoms with van der Waals surface area (Å²) in [6.45, 7) is 10.7. The molecule has 3 nitrogen and oxygen atoms in total. The normalized spacial score (nSPS) is 16.9. The summed E-state index contributed by atoms with van der Waals surface area (Å²) in [4.78, 5) is 11.3. The lowest BCUT2D eigenvalue weighted by Gasteiger charge is -2.21. The van der Waals surface area contributed by atoms with Gasteiger partial charge >= 0.3 is 5.97 Å². The van der Waals surface area contributed by atoms with Crippen molar-refractivity contribution >= 4 is 5.97 Å². The van der Waals surface area contributed by atoms with Gasteiger partial charge in [-0.05, 0) is 33.1 Å². The van der Waals surface area contributed by atoms with Gasteiger partial charge in [0.05, 0.1) is 6.61 Å². The van der Waals surface area contributed by atoms with E-state index in [1.54, 1.807) is 0 Å². The zero-order valence-corrected chi connectivity index (χ0v) is 10.7. The number of carbonyl (C=O) groups is 1. The molecule has 0 aromatic carbocycles. The number of nitrogens with one attached hydrogen (secondary N) is 1. The van der Waals surface area contributed by atoms with E-state index < -0.39 is 0 Å². The number of rotatable bonds is 7. The Morgan fingerprint density at radius 2 is 1.87 bits per heavy atom. The van der Waals surface area contributed by atoms with Crippen LogP contribution in [0.4, 0.5) is 0 Å². The summed E-state index contributed by atoms with van der Waals surface area (Å²) in [6, 6.07) is 0.156. The molecule has 3 atom stereocenters. The quantitative estimate of drug-likeness (QED) is 0.662. The Bertz CT molecular complexity index is 182. The van der Waals surface area contributed by atoms with Crippen LogP contribution in [0.15, 0.2) is 0 Å². The summed E-state index contributed by atoms with van der Waals surface area (Å²) in [7, 11) is 0. The van der Waals surface area contributed by atoms with Gasteiger partial charge in [-0.2, -0.15) is 0 Å². The monoisotopic (exact) mass is 215 g/mol. The van der Waals surface area contributed by atoms with Crippen molar-refractivity contribution in [3.05, 3.63) is 0 Å². The van der Waals surface area contributed by atoms with Gasteiger partial charge in [-0.1, -0.05) is 20.3 Å². The smallest absolute Gasteiger partial charge is 0.322 e. The van der Waals surface area contributed by atoms with Crippen LogP contribution < -0.4 is 5.32 Å². The Kier molecular flexibility index (Phi) is 7.39. The van der Waals surface area contributed by atoms with Gasteiger partial charge in [-0.25, -0.2) is 0 Å². The van der Waals surface area contributed by atoms with Crippen LogP contribution >= 0.6 is 0 Å². The maximum atomic E-state index is 11.3. The Hall–Kier alpha value is -0.570. The second-order valence-corrected chi connectivity index (χ2v) is 4.29. The molecule has 15 heavy (non-hydrogen) atoms. The minimum atomic E-state index is -0.205. The van der Waals surface area contributed by atoms with Crippen molar-refractivity contribution in [2.75, 3.05) is 6.61 Å². The van der Waals surface area contributed by atoms with Crippen molar-refractivity contribution in [3.8, 4) is 0 Å². The second kappa shape index (κ2) is 7.69. The van der Waals surface area contributed by atoms with E-state index in [9.17, 15) is 4.79 Å². The highest BCUT2D eigenvalue weighted by Crippen LogP contribution is 2.09. The van der Waals surface area contributed by atoms with E-state index in [1.807, 2.05) is 13.8 Å². The summed E-state index contributed by atoms with van der Waals surface area (Å²) in [5.74, 6) is 0.537. The highest BCUT2D eigenvalue weighted by Gasteiger charge is 2.16. The first-order valence-electron chi connectivity index (χ1n) is 5.93. The molecule has 0 aromatic rings. The molecule has 90 valence electrons. The first-order valence-corrected chi connectivity index (χ1v) is 5.93. The molecule has 3 heteroatoms. The number of esters is 1. The van der Waals surface area contributed by atoms with Gasteiger partial charge in [0.25, 0.3) is 0 Å². The summed E-state index contributed by atoms with van der Waals surface area (Å²) in [6.07, 6.45) is 2.28. The lowest BCUT2D eigenvalue weighted by molar-refractivity contribution is -0.145. The third-order valence-corrected chi connectivity index (χ3v) is 2.63. The summed E-state index contributed by atoms with van der Waals surface area (Å²) < 4.78 is 4.93. The van der Waals surface area contributed by atoms with E-state index >= 15 is 0 Å². The molecule has 0 saturated heterocycles. The predicted octanol–water partition coefficient (Wildman–Crippen LogP) is 2.35. The van der Waals surface area contributed by atoms with Crippen LogP contribution in [0.2, 0.25) is 0 Å². The van der Waals surface area contributed by atoms with Crippen LogP contribution in [0.25, 0.3) is 0 Å². The topological polar surface area (TPSA) is 38.3 Å². The molecular formula is C12H25NO2. The van der Waals surface area contributed by atoms with E-state index in [2.05, 4.69) is 26.1 Å². The molecule has 0 spiro atoms. The fraction of sp³-hybridized carbons (Fsp3) is 0.917. The third kappa shape index (κ3) is 6.50. The number of ether oxygens (including phenoxy) is 1. The van der Waals surface area contributed by atoms with Crippen LogP contribution in [0.3, 0.4) is 0 Å². The highest BCUT2D eigenvalue weighted by molar-refractivity contribution is 5.75. The van der Waals surface area contributed by atoms with Crippen LogP contribution in [0, 0.1) is 5.92 Å². The van der Waals surface area contributed by atoms with Crippen LogP contribution in [-0.2, 0) is 9.53 Å². The fourth-order valence-corrected chi connectivity index (χ4v) is 1.60. The molecule has 0 fully saturated rings. The summed E-state index contributed by atoms with van der Waals surface area (Å²) >= 11 is 0. The third-order valence-electron chi connectivity index (χ3n) is 2.63. The van der Waals surface area contributed by atoms with Crippen molar-refractivity contribution in [1.82, 2.24) is 5.32 Å². The Labute approximate surface area is 93.6 Å². The molecule has 0 rings (SSSR count). The van der Waals surface area contributed by atoms with Gasteiger partial charge < -0.3 is 10.1 Å². The van der Waals surface area contributed by atoms with Crippen LogP contribution in [-0.4, -0.2) is 24.7 Å². The fourth-order valence-electron chi connectivity index (χ4n) is 1.60. The number of hydrogen-bond donors (Lipinski definition) is 1. The van der Waals surface area contributed by atoms with Crippen molar-refractivity contribution < 1.29 is 9.53 Å². The molecule has 0 aromatic heterocycles. The van der Waals surface area contributed by atoms with Gasteiger partial charge in [0, 0.05) is 6.04 Å². The van der Waals surface area contributed by atoms with Gasteiger partial charge in [-0.3, -0.25) is 4.79 Å². The molecule has 0 amide bonds. The Morgan fingerprint density at radius 1 is 1.27 bits per heavy atom. The van der Waals surface area contributed by atoms with E-state index in [0.29, 0.717) is 18.6 Å². The SMILES string of the molecule is CCOC(=O)C(C)NC(C)CC(C)CC. The standard InChI is InChI=1S/C12H25NO2/c1-6-9(3)8-10(4)13-11(5)12(14)15-7-2/h9-11,13H,6-8H2,1-5H3. The average molecular weight is 215 g/mol. The first kappa shape index (κ1) is 14.4. The van der Waals surface area contributed by atoms with Gasteiger partial charge in [0.2, 0.25) is 0 Å². The van der Waals surface area contributed by atoms with E-state index in [1.165, 1.54) is 6.42 Å². The minimum absolute atomic E-state index is 0.159. The molecule has 0 aliphatic heterocycles. The Balaban J connectivity index is 3.84. The molecule has 1 N–H and O–H groups in total. The molecule has 0 aliphatic rings. The Morgan fingerprint density at radius 3 is 2.33 bits per heavy atom. The second-order valence-electron chi connectivity index (χ2n) is 4.29. The van der Waals surface area contributed by atoms with Gasteiger partial charge in [0.1, 0.15) is 6.04 Å². The maximum Gasteiger partial charge on any atom is 0.322 e. The van der Waals surface area contributed by atoms with Gasteiger partial charge in [0.15, 0.2) is 0 Å². The predicted molar refractivity (Wildman–Crippen MR) is 62.8 cm³/mol. The largest absolute Gasteiger partial charge is 0.465 e. The molecular weight excluding hydrogens is 190 g/mol. The van der Waals surface area contributed by atoms with Crippen molar-refractivity contribution in [2.24, 2.45) is 5.92 Å².